The standard InChI is InChI=1S/C10H17N3O.ClH/c1-13-7-6-12-10(13)9(14)8-2-4-11-5-3-8;/h6-9,11,14H,2-5H2,1H3;1H. The summed E-state index contributed by atoms with van der Waals surface area (Å²) in [4.78, 5) is 4.18. The maximum absolute atomic E-state index is 10.1. The van der Waals surface area contributed by atoms with Crippen molar-refractivity contribution in [2.24, 2.45) is 13.0 Å². The van der Waals surface area contributed by atoms with E-state index in [4.69, 9.17) is 0 Å². The van der Waals surface area contributed by atoms with Crippen LogP contribution in [0, 0.1) is 5.92 Å². The van der Waals surface area contributed by atoms with Gasteiger partial charge in [-0.1, -0.05) is 0 Å². The molecule has 5 heteroatoms. The van der Waals surface area contributed by atoms with Crippen molar-refractivity contribution in [2.75, 3.05) is 13.1 Å². The second-order valence-electron chi connectivity index (χ2n) is 3.93. The summed E-state index contributed by atoms with van der Waals surface area (Å²) in [5, 5.41) is 13.4. The van der Waals surface area contributed by atoms with Gasteiger partial charge in [0.05, 0.1) is 0 Å². The van der Waals surface area contributed by atoms with Crippen molar-refractivity contribution in [3.8, 4) is 0 Å². The van der Waals surface area contributed by atoms with Crippen LogP contribution in [0.25, 0.3) is 0 Å². The number of halogens is 1. The number of hydrogen-bond acceptors (Lipinski definition) is 3. The van der Waals surface area contributed by atoms with Gasteiger partial charge in [-0.2, -0.15) is 0 Å². The first-order valence-electron chi connectivity index (χ1n) is 5.15. The molecule has 0 radical (unpaired) electrons. The summed E-state index contributed by atoms with van der Waals surface area (Å²) >= 11 is 0. The van der Waals surface area contributed by atoms with Gasteiger partial charge < -0.3 is 15.0 Å². The van der Waals surface area contributed by atoms with Crippen molar-refractivity contribution in [2.45, 2.75) is 18.9 Å². The van der Waals surface area contributed by atoms with Crippen LogP contribution in [-0.2, 0) is 7.05 Å². The Morgan fingerprint density at radius 1 is 1.53 bits per heavy atom. The lowest BCUT2D eigenvalue weighted by molar-refractivity contribution is 0.0787. The van der Waals surface area contributed by atoms with Crippen molar-refractivity contribution in [3.63, 3.8) is 0 Å². The highest BCUT2D eigenvalue weighted by Crippen LogP contribution is 2.27. The molecule has 1 aromatic rings. The lowest BCUT2D eigenvalue weighted by Crippen LogP contribution is -2.31. The van der Waals surface area contributed by atoms with E-state index in [1.54, 1.807) is 6.20 Å². The summed E-state index contributed by atoms with van der Waals surface area (Å²) in [6.45, 7) is 2.01. The number of hydrogen-bond donors (Lipinski definition) is 2. The van der Waals surface area contributed by atoms with E-state index in [0.29, 0.717) is 5.92 Å². The predicted molar refractivity (Wildman–Crippen MR) is 61.0 cm³/mol. The SMILES string of the molecule is Cl.Cn1ccnc1C(O)C1CCNCC1. The number of nitrogens with one attached hydrogen (secondary N) is 1. The maximum atomic E-state index is 10.1. The number of nitrogens with zero attached hydrogens (tertiary/aromatic N) is 2. The van der Waals surface area contributed by atoms with Gasteiger partial charge in [0.25, 0.3) is 0 Å². The Hall–Kier alpha value is -0.580. The van der Waals surface area contributed by atoms with Crippen LogP contribution in [0.2, 0.25) is 0 Å². The molecule has 2 N–H and O–H groups in total. The van der Waals surface area contributed by atoms with Crippen molar-refractivity contribution < 1.29 is 5.11 Å². The molecule has 1 fully saturated rings. The molecule has 1 unspecified atom stereocenters. The van der Waals surface area contributed by atoms with Crippen LogP contribution in [0.5, 0.6) is 0 Å². The molecular formula is C10H18ClN3O. The molecule has 0 aromatic carbocycles. The highest BCUT2D eigenvalue weighted by molar-refractivity contribution is 5.85. The fourth-order valence-electron chi connectivity index (χ4n) is 2.03. The third-order valence-corrected chi connectivity index (χ3v) is 2.95. The van der Waals surface area contributed by atoms with E-state index in [9.17, 15) is 5.11 Å². The Morgan fingerprint density at radius 2 is 2.20 bits per heavy atom. The number of aryl methyl sites for hydroxylation is 1. The summed E-state index contributed by atoms with van der Waals surface area (Å²) in [7, 11) is 1.92. The molecular weight excluding hydrogens is 214 g/mol. The normalized spacial score (nSPS) is 19.6. The summed E-state index contributed by atoms with van der Waals surface area (Å²) in [6, 6.07) is 0. The van der Waals surface area contributed by atoms with Crippen LogP contribution in [-0.4, -0.2) is 27.7 Å². The summed E-state index contributed by atoms with van der Waals surface area (Å²) in [5.41, 5.74) is 0. The molecule has 1 aliphatic heterocycles. The number of aliphatic hydroxyl groups is 1. The van der Waals surface area contributed by atoms with Gasteiger partial charge in [0.1, 0.15) is 11.9 Å². The van der Waals surface area contributed by atoms with Gasteiger partial charge in [0.15, 0.2) is 0 Å². The Labute approximate surface area is 96.1 Å². The second kappa shape index (κ2) is 5.49. The van der Waals surface area contributed by atoms with Gasteiger partial charge in [0, 0.05) is 19.4 Å². The second-order valence-corrected chi connectivity index (χ2v) is 3.93. The van der Waals surface area contributed by atoms with Crippen LogP contribution in [0.15, 0.2) is 12.4 Å². The minimum absolute atomic E-state index is 0. The number of imidazole rings is 1. The lowest BCUT2D eigenvalue weighted by Gasteiger charge is -2.26. The van der Waals surface area contributed by atoms with E-state index in [-0.39, 0.29) is 12.4 Å². The molecule has 2 heterocycles. The molecule has 0 aliphatic carbocycles. The number of piperidine rings is 1. The fraction of sp³-hybridized carbons (Fsp3) is 0.700. The lowest BCUT2D eigenvalue weighted by atomic mass is 9.92. The van der Waals surface area contributed by atoms with Crippen LogP contribution < -0.4 is 5.32 Å². The fourth-order valence-corrected chi connectivity index (χ4v) is 2.03. The van der Waals surface area contributed by atoms with Crippen molar-refractivity contribution in [1.29, 1.82) is 0 Å². The summed E-state index contributed by atoms with van der Waals surface area (Å²) in [6.07, 6.45) is 5.28. The zero-order valence-electron chi connectivity index (χ0n) is 8.89. The third kappa shape index (κ3) is 2.71. The summed E-state index contributed by atoms with van der Waals surface area (Å²) < 4.78 is 1.90. The van der Waals surface area contributed by atoms with Gasteiger partial charge in [-0.3, -0.25) is 0 Å². The van der Waals surface area contributed by atoms with E-state index in [0.717, 1.165) is 31.8 Å². The third-order valence-electron chi connectivity index (χ3n) is 2.95. The Bertz CT molecular complexity index is 297. The van der Waals surface area contributed by atoms with E-state index in [1.165, 1.54) is 0 Å². The Balaban J connectivity index is 0.00000112. The van der Waals surface area contributed by atoms with Crippen LogP contribution >= 0.6 is 12.4 Å². The van der Waals surface area contributed by atoms with Crippen LogP contribution in [0.4, 0.5) is 0 Å². The highest BCUT2D eigenvalue weighted by atomic mass is 35.5. The number of aliphatic hydroxyl groups excluding tert-OH is 1. The zero-order valence-corrected chi connectivity index (χ0v) is 9.70. The topological polar surface area (TPSA) is 50.1 Å². The average molecular weight is 232 g/mol. The average Bonchev–Trinajstić information content (AvgIpc) is 2.65. The molecule has 2 rings (SSSR count). The quantitative estimate of drug-likeness (QED) is 0.795. The first-order chi connectivity index (χ1) is 6.79. The zero-order chi connectivity index (χ0) is 9.97. The minimum atomic E-state index is -0.405. The molecule has 1 aromatic heterocycles. The van der Waals surface area contributed by atoms with Crippen LogP contribution in [0.1, 0.15) is 24.8 Å². The van der Waals surface area contributed by atoms with Crippen molar-refractivity contribution in [1.82, 2.24) is 14.9 Å². The molecule has 4 nitrogen and oxygen atoms in total. The largest absolute Gasteiger partial charge is 0.385 e. The molecule has 0 amide bonds. The maximum Gasteiger partial charge on any atom is 0.137 e. The van der Waals surface area contributed by atoms with Gasteiger partial charge in [0.2, 0.25) is 0 Å². The van der Waals surface area contributed by atoms with Crippen molar-refractivity contribution >= 4 is 12.4 Å². The summed E-state index contributed by atoms with van der Waals surface area (Å²) in [5.74, 6) is 1.15. The molecule has 15 heavy (non-hydrogen) atoms. The predicted octanol–water partition coefficient (Wildman–Crippen LogP) is 0.875. The van der Waals surface area contributed by atoms with E-state index < -0.39 is 6.10 Å². The van der Waals surface area contributed by atoms with Crippen LogP contribution in [0.3, 0.4) is 0 Å². The molecule has 86 valence electrons. The van der Waals surface area contributed by atoms with E-state index >= 15 is 0 Å². The van der Waals surface area contributed by atoms with Gasteiger partial charge >= 0.3 is 0 Å². The monoisotopic (exact) mass is 231 g/mol. The molecule has 1 atom stereocenters. The molecule has 0 bridgehead atoms. The Morgan fingerprint density at radius 3 is 2.73 bits per heavy atom. The smallest absolute Gasteiger partial charge is 0.137 e. The van der Waals surface area contributed by atoms with E-state index in [2.05, 4.69) is 10.3 Å². The van der Waals surface area contributed by atoms with Gasteiger partial charge in [-0.15, -0.1) is 12.4 Å². The van der Waals surface area contributed by atoms with Crippen molar-refractivity contribution in [3.05, 3.63) is 18.2 Å². The molecule has 1 saturated heterocycles. The van der Waals surface area contributed by atoms with Gasteiger partial charge in [-0.05, 0) is 31.8 Å². The number of aromatic nitrogens is 2. The first-order valence-corrected chi connectivity index (χ1v) is 5.15. The minimum Gasteiger partial charge on any atom is -0.385 e. The molecule has 1 aliphatic rings. The molecule has 0 saturated carbocycles. The number of rotatable bonds is 2. The Kier molecular flexibility index (Phi) is 4.57. The highest BCUT2D eigenvalue weighted by Gasteiger charge is 2.25. The van der Waals surface area contributed by atoms with E-state index in [1.807, 2.05) is 17.8 Å². The first kappa shape index (κ1) is 12.5. The molecule has 0 spiro atoms. The van der Waals surface area contributed by atoms with Gasteiger partial charge in [-0.25, -0.2) is 4.98 Å².